The summed E-state index contributed by atoms with van der Waals surface area (Å²) in [7, 11) is 0. The van der Waals surface area contributed by atoms with Gasteiger partial charge >= 0.3 is 0 Å². The van der Waals surface area contributed by atoms with Crippen LogP contribution in [0.25, 0.3) is 11.0 Å². The Labute approximate surface area is 125 Å². The molecule has 0 bridgehead atoms. The van der Waals surface area contributed by atoms with Crippen LogP contribution in [0.15, 0.2) is 16.6 Å². The molecule has 3 rings (SSSR count). The van der Waals surface area contributed by atoms with Crippen molar-refractivity contribution < 1.29 is 9.13 Å². The molecule has 108 valence electrons. The van der Waals surface area contributed by atoms with Gasteiger partial charge in [0.25, 0.3) is 0 Å². The maximum absolute atomic E-state index is 13.6. The van der Waals surface area contributed by atoms with E-state index in [-0.39, 0.29) is 11.9 Å². The van der Waals surface area contributed by atoms with E-state index in [1.807, 2.05) is 4.57 Å². The lowest BCUT2D eigenvalue weighted by molar-refractivity contribution is 0.0839. The second kappa shape index (κ2) is 5.33. The summed E-state index contributed by atoms with van der Waals surface area (Å²) in [5, 5.41) is 0. The van der Waals surface area contributed by atoms with E-state index in [0.29, 0.717) is 21.9 Å². The van der Waals surface area contributed by atoms with Gasteiger partial charge in [0.15, 0.2) is 0 Å². The number of rotatable bonds is 3. The number of nitrogens with zero attached hydrogens (tertiary/aromatic N) is 2. The first-order valence-electron chi connectivity index (χ1n) is 6.82. The van der Waals surface area contributed by atoms with E-state index in [1.165, 1.54) is 6.07 Å². The molecule has 2 unspecified atom stereocenters. The van der Waals surface area contributed by atoms with Gasteiger partial charge in [0.1, 0.15) is 5.82 Å². The molecule has 20 heavy (non-hydrogen) atoms. The van der Waals surface area contributed by atoms with Crippen LogP contribution in [0.4, 0.5) is 10.3 Å². The van der Waals surface area contributed by atoms with Crippen LogP contribution < -0.4 is 5.73 Å². The zero-order chi connectivity index (χ0) is 14.3. The van der Waals surface area contributed by atoms with Crippen molar-refractivity contribution in [1.82, 2.24) is 9.55 Å². The molecule has 0 saturated carbocycles. The Balaban J connectivity index is 1.98. The van der Waals surface area contributed by atoms with Gasteiger partial charge in [0.05, 0.1) is 21.6 Å². The second-order valence-corrected chi connectivity index (χ2v) is 6.06. The molecule has 4 nitrogen and oxygen atoms in total. The number of fused-ring (bicyclic) bond motifs is 1. The molecule has 1 aromatic heterocycles. The third kappa shape index (κ3) is 2.31. The molecule has 0 spiro atoms. The van der Waals surface area contributed by atoms with Gasteiger partial charge in [-0.3, -0.25) is 0 Å². The van der Waals surface area contributed by atoms with Gasteiger partial charge in [-0.1, -0.05) is 6.92 Å². The first kappa shape index (κ1) is 13.8. The molecule has 2 atom stereocenters. The van der Waals surface area contributed by atoms with E-state index in [9.17, 15) is 4.39 Å². The first-order valence-corrected chi connectivity index (χ1v) is 7.61. The molecule has 2 heterocycles. The Morgan fingerprint density at radius 3 is 3.10 bits per heavy atom. The summed E-state index contributed by atoms with van der Waals surface area (Å²) in [6.07, 6.45) is 2.30. The standard InChI is InChI=1S/C14H17BrFN3O/c1-2-13-8(3-4-20-13)7-19-12-5-9(15)10(16)6-11(12)18-14(19)17/h5-6,8,13H,2-4,7H2,1H3,(H2,17,18). The van der Waals surface area contributed by atoms with Crippen LogP contribution in [0.5, 0.6) is 0 Å². The minimum absolute atomic E-state index is 0.274. The lowest BCUT2D eigenvalue weighted by Gasteiger charge is -2.18. The number of halogens is 2. The fourth-order valence-corrected chi connectivity index (χ4v) is 3.25. The van der Waals surface area contributed by atoms with Crippen LogP contribution >= 0.6 is 15.9 Å². The number of nitrogens with two attached hydrogens (primary N) is 1. The highest BCUT2D eigenvalue weighted by Gasteiger charge is 2.28. The lowest BCUT2D eigenvalue weighted by atomic mass is 9.99. The van der Waals surface area contributed by atoms with E-state index in [0.717, 1.165) is 31.5 Å². The van der Waals surface area contributed by atoms with E-state index < -0.39 is 0 Å². The van der Waals surface area contributed by atoms with Gasteiger partial charge in [-0.2, -0.15) is 0 Å². The summed E-state index contributed by atoms with van der Waals surface area (Å²) < 4.78 is 21.7. The zero-order valence-electron chi connectivity index (χ0n) is 11.3. The van der Waals surface area contributed by atoms with E-state index in [2.05, 4.69) is 27.8 Å². The number of ether oxygens (including phenoxy) is 1. The lowest BCUT2D eigenvalue weighted by Crippen LogP contribution is -2.21. The number of anilines is 1. The van der Waals surface area contributed by atoms with Crippen molar-refractivity contribution in [3.8, 4) is 0 Å². The summed E-state index contributed by atoms with van der Waals surface area (Å²) in [6, 6.07) is 3.15. The molecule has 2 aromatic rings. The SMILES string of the molecule is CCC1OCCC1Cn1c(N)nc2cc(F)c(Br)cc21. The van der Waals surface area contributed by atoms with Crippen LogP contribution in [0.1, 0.15) is 19.8 Å². The Hall–Kier alpha value is -1.14. The fraction of sp³-hybridized carbons (Fsp3) is 0.500. The predicted octanol–water partition coefficient (Wildman–Crippen LogP) is 3.34. The Morgan fingerprint density at radius 1 is 1.55 bits per heavy atom. The van der Waals surface area contributed by atoms with E-state index in [4.69, 9.17) is 10.5 Å². The number of imidazole rings is 1. The van der Waals surface area contributed by atoms with Crippen LogP contribution in [0.3, 0.4) is 0 Å². The molecule has 1 saturated heterocycles. The van der Waals surface area contributed by atoms with Gasteiger partial charge in [-0.15, -0.1) is 0 Å². The van der Waals surface area contributed by atoms with Crippen molar-refractivity contribution in [1.29, 1.82) is 0 Å². The Morgan fingerprint density at radius 2 is 2.35 bits per heavy atom. The van der Waals surface area contributed by atoms with Gasteiger partial charge in [-0.25, -0.2) is 9.37 Å². The average Bonchev–Trinajstić information content (AvgIpc) is 2.97. The third-order valence-corrected chi connectivity index (χ3v) is 4.59. The quantitative estimate of drug-likeness (QED) is 0.931. The van der Waals surface area contributed by atoms with Gasteiger partial charge in [0, 0.05) is 25.1 Å². The topological polar surface area (TPSA) is 53.1 Å². The average molecular weight is 342 g/mol. The molecule has 6 heteroatoms. The summed E-state index contributed by atoms with van der Waals surface area (Å²) in [6.45, 7) is 3.69. The fourth-order valence-electron chi connectivity index (χ4n) is 2.92. The molecule has 0 aliphatic carbocycles. The summed E-state index contributed by atoms with van der Waals surface area (Å²) in [5.41, 5.74) is 7.44. The number of aromatic nitrogens is 2. The zero-order valence-corrected chi connectivity index (χ0v) is 12.9. The van der Waals surface area contributed by atoms with Gasteiger partial charge in [0.2, 0.25) is 5.95 Å². The molecule has 2 N–H and O–H groups in total. The molecular weight excluding hydrogens is 325 g/mol. The highest BCUT2D eigenvalue weighted by Crippen LogP contribution is 2.30. The minimum atomic E-state index is -0.321. The minimum Gasteiger partial charge on any atom is -0.378 e. The van der Waals surface area contributed by atoms with Crippen molar-refractivity contribution in [3.05, 3.63) is 22.4 Å². The van der Waals surface area contributed by atoms with Crippen molar-refractivity contribution >= 4 is 32.9 Å². The predicted molar refractivity (Wildman–Crippen MR) is 79.9 cm³/mol. The van der Waals surface area contributed by atoms with Crippen molar-refractivity contribution in [2.24, 2.45) is 5.92 Å². The molecule has 1 aromatic carbocycles. The Kier molecular flexibility index (Phi) is 3.69. The summed E-state index contributed by atoms with van der Waals surface area (Å²) in [4.78, 5) is 4.25. The largest absolute Gasteiger partial charge is 0.378 e. The highest BCUT2D eigenvalue weighted by atomic mass is 79.9. The van der Waals surface area contributed by atoms with E-state index >= 15 is 0 Å². The Bertz CT molecular complexity index is 643. The molecular formula is C14H17BrFN3O. The first-order chi connectivity index (χ1) is 9.60. The van der Waals surface area contributed by atoms with Crippen molar-refractivity contribution in [3.63, 3.8) is 0 Å². The smallest absolute Gasteiger partial charge is 0.201 e. The number of hydrogen-bond donors (Lipinski definition) is 1. The number of hydrogen-bond acceptors (Lipinski definition) is 3. The maximum Gasteiger partial charge on any atom is 0.201 e. The second-order valence-electron chi connectivity index (χ2n) is 5.20. The third-order valence-electron chi connectivity index (χ3n) is 3.99. The van der Waals surface area contributed by atoms with E-state index in [1.54, 1.807) is 6.07 Å². The summed E-state index contributed by atoms with van der Waals surface area (Å²) >= 11 is 3.22. The summed E-state index contributed by atoms with van der Waals surface area (Å²) in [5.74, 6) is 0.542. The number of nitrogen functional groups attached to an aromatic ring is 1. The molecule has 0 amide bonds. The van der Waals surface area contributed by atoms with Crippen molar-refractivity contribution in [2.45, 2.75) is 32.4 Å². The van der Waals surface area contributed by atoms with Crippen LogP contribution in [0, 0.1) is 11.7 Å². The highest BCUT2D eigenvalue weighted by molar-refractivity contribution is 9.10. The van der Waals surface area contributed by atoms with Crippen LogP contribution in [0.2, 0.25) is 0 Å². The molecule has 0 radical (unpaired) electrons. The molecule has 1 aliphatic heterocycles. The van der Waals surface area contributed by atoms with Gasteiger partial charge in [-0.05, 0) is 34.8 Å². The van der Waals surface area contributed by atoms with Crippen LogP contribution in [-0.4, -0.2) is 22.3 Å². The molecule has 1 aliphatic rings. The number of benzene rings is 1. The van der Waals surface area contributed by atoms with Crippen molar-refractivity contribution in [2.75, 3.05) is 12.3 Å². The maximum atomic E-state index is 13.6. The van der Waals surface area contributed by atoms with Crippen LogP contribution in [-0.2, 0) is 11.3 Å². The van der Waals surface area contributed by atoms with Gasteiger partial charge < -0.3 is 15.0 Å². The normalized spacial score (nSPS) is 22.8. The molecule has 1 fully saturated rings. The monoisotopic (exact) mass is 341 g/mol.